The highest BCUT2D eigenvalue weighted by Crippen LogP contribution is 2.27. The first-order valence-electron chi connectivity index (χ1n) is 4.88. The van der Waals surface area contributed by atoms with E-state index in [0.717, 1.165) is 24.7 Å². The van der Waals surface area contributed by atoms with Gasteiger partial charge in [0.05, 0.1) is 0 Å². The van der Waals surface area contributed by atoms with Gasteiger partial charge in [-0.15, -0.1) is 6.58 Å². The van der Waals surface area contributed by atoms with E-state index in [-0.39, 0.29) is 0 Å². The van der Waals surface area contributed by atoms with Crippen LogP contribution in [0.2, 0.25) is 5.02 Å². The lowest BCUT2D eigenvalue weighted by atomic mass is 9.92. The normalized spacial score (nSPS) is 17.8. The first-order chi connectivity index (χ1) is 6.79. The molecule has 2 heteroatoms. The van der Waals surface area contributed by atoms with Gasteiger partial charge in [-0.1, -0.05) is 29.8 Å². The second-order valence-corrected chi connectivity index (χ2v) is 4.19. The van der Waals surface area contributed by atoms with Crippen molar-refractivity contribution in [2.24, 2.45) is 0 Å². The fourth-order valence-corrected chi connectivity index (χ4v) is 1.97. The van der Waals surface area contributed by atoms with Gasteiger partial charge in [0.2, 0.25) is 0 Å². The molecular formula is C12H14ClN. The zero-order valence-electron chi connectivity index (χ0n) is 8.12. The van der Waals surface area contributed by atoms with Crippen molar-refractivity contribution < 1.29 is 0 Å². The standard InChI is InChI=1S/C12H14ClN/c1-2-7-14-8-11(9-14)10-3-5-12(13)6-4-10/h2-6,11H,1,7-9H2. The van der Waals surface area contributed by atoms with E-state index in [9.17, 15) is 0 Å². The number of likely N-dealkylation sites (tertiary alicyclic amines) is 1. The predicted molar refractivity (Wildman–Crippen MR) is 60.8 cm³/mol. The van der Waals surface area contributed by atoms with Crippen LogP contribution in [0.4, 0.5) is 0 Å². The summed E-state index contributed by atoms with van der Waals surface area (Å²) in [7, 11) is 0. The molecule has 0 radical (unpaired) electrons. The van der Waals surface area contributed by atoms with Gasteiger partial charge in [-0.05, 0) is 17.7 Å². The van der Waals surface area contributed by atoms with E-state index < -0.39 is 0 Å². The second kappa shape index (κ2) is 4.16. The molecule has 0 spiro atoms. The van der Waals surface area contributed by atoms with E-state index in [4.69, 9.17) is 11.6 Å². The average molecular weight is 208 g/mol. The van der Waals surface area contributed by atoms with Crippen LogP contribution < -0.4 is 0 Å². The van der Waals surface area contributed by atoms with Gasteiger partial charge in [0.15, 0.2) is 0 Å². The molecule has 0 aliphatic carbocycles. The fraction of sp³-hybridized carbons (Fsp3) is 0.333. The summed E-state index contributed by atoms with van der Waals surface area (Å²) in [5.41, 5.74) is 1.40. The van der Waals surface area contributed by atoms with Crippen molar-refractivity contribution in [3.63, 3.8) is 0 Å². The lowest BCUT2D eigenvalue weighted by molar-refractivity contribution is 0.167. The Morgan fingerprint density at radius 1 is 1.36 bits per heavy atom. The lowest BCUT2D eigenvalue weighted by Crippen LogP contribution is -2.44. The third-order valence-electron chi connectivity index (χ3n) is 2.69. The van der Waals surface area contributed by atoms with Gasteiger partial charge < -0.3 is 0 Å². The summed E-state index contributed by atoms with van der Waals surface area (Å²) in [4.78, 5) is 2.38. The van der Waals surface area contributed by atoms with Crippen LogP contribution in [0, 0.1) is 0 Å². The molecule has 1 aromatic carbocycles. The molecule has 0 N–H and O–H groups in total. The third kappa shape index (κ3) is 1.99. The number of hydrogen-bond acceptors (Lipinski definition) is 1. The van der Waals surface area contributed by atoms with E-state index in [1.807, 2.05) is 18.2 Å². The SMILES string of the molecule is C=CCN1CC(c2ccc(Cl)cc2)C1. The molecule has 74 valence electrons. The van der Waals surface area contributed by atoms with Crippen molar-refractivity contribution in [2.45, 2.75) is 5.92 Å². The van der Waals surface area contributed by atoms with E-state index in [1.165, 1.54) is 5.56 Å². The van der Waals surface area contributed by atoms with Gasteiger partial charge in [-0.25, -0.2) is 0 Å². The molecular weight excluding hydrogens is 194 g/mol. The predicted octanol–water partition coefficient (Wildman–Crippen LogP) is 2.93. The summed E-state index contributed by atoms with van der Waals surface area (Å²) >= 11 is 5.83. The Morgan fingerprint density at radius 3 is 2.57 bits per heavy atom. The molecule has 1 nitrogen and oxygen atoms in total. The van der Waals surface area contributed by atoms with Gasteiger partial charge in [-0.2, -0.15) is 0 Å². The largest absolute Gasteiger partial charge is 0.298 e. The minimum absolute atomic E-state index is 0.687. The Balaban J connectivity index is 1.93. The number of hydrogen-bond donors (Lipinski definition) is 0. The lowest BCUT2D eigenvalue weighted by Gasteiger charge is -2.38. The van der Waals surface area contributed by atoms with Crippen LogP contribution in [0.3, 0.4) is 0 Å². The molecule has 1 aromatic rings. The van der Waals surface area contributed by atoms with E-state index in [2.05, 4.69) is 23.6 Å². The Morgan fingerprint density at radius 2 is 2.00 bits per heavy atom. The molecule has 0 amide bonds. The molecule has 0 saturated carbocycles. The molecule has 1 aliphatic heterocycles. The molecule has 0 atom stereocenters. The molecule has 0 unspecified atom stereocenters. The second-order valence-electron chi connectivity index (χ2n) is 3.76. The Bertz CT molecular complexity index is 312. The van der Waals surface area contributed by atoms with Gasteiger partial charge in [0, 0.05) is 30.6 Å². The molecule has 1 heterocycles. The van der Waals surface area contributed by atoms with E-state index in [0.29, 0.717) is 5.92 Å². The number of halogens is 1. The molecule has 0 bridgehead atoms. The maximum Gasteiger partial charge on any atom is 0.0406 e. The summed E-state index contributed by atoms with van der Waals surface area (Å²) in [6.45, 7) is 7.03. The quantitative estimate of drug-likeness (QED) is 0.689. The first-order valence-corrected chi connectivity index (χ1v) is 5.26. The highest BCUT2D eigenvalue weighted by molar-refractivity contribution is 6.30. The third-order valence-corrected chi connectivity index (χ3v) is 2.94. The van der Waals surface area contributed by atoms with E-state index in [1.54, 1.807) is 0 Å². The molecule has 1 saturated heterocycles. The summed E-state index contributed by atoms with van der Waals surface area (Å²) in [6.07, 6.45) is 1.96. The summed E-state index contributed by atoms with van der Waals surface area (Å²) < 4.78 is 0. The maximum atomic E-state index is 5.83. The van der Waals surface area contributed by atoms with Crippen LogP contribution >= 0.6 is 11.6 Å². The molecule has 2 rings (SSSR count). The van der Waals surface area contributed by atoms with Crippen molar-refractivity contribution in [2.75, 3.05) is 19.6 Å². The van der Waals surface area contributed by atoms with Crippen LogP contribution in [-0.4, -0.2) is 24.5 Å². The summed E-state index contributed by atoms with van der Waals surface area (Å²) in [5, 5.41) is 0.816. The fourth-order valence-electron chi connectivity index (χ4n) is 1.85. The number of rotatable bonds is 3. The van der Waals surface area contributed by atoms with Crippen LogP contribution in [-0.2, 0) is 0 Å². The van der Waals surface area contributed by atoms with Gasteiger partial charge >= 0.3 is 0 Å². The smallest absolute Gasteiger partial charge is 0.0406 e. The van der Waals surface area contributed by atoms with Crippen molar-refractivity contribution in [3.05, 3.63) is 47.5 Å². The minimum atomic E-state index is 0.687. The first kappa shape index (κ1) is 9.75. The minimum Gasteiger partial charge on any atom is -0.298 e. The molecule has 0 aromatic heterocycles. The number of benzene rings is 1. The molecule has 1 fully saturated rings. The molecule has 14 heavy (non-hydrogen) atoms. The summed E-state index contributed by atoms with van der Waals surface area (Å²) in [6, 6.07) is 8.18. The monoisotopic (exact) mass is 207 g/mol. The van der Waals surface area contributed by atoms with Crippen LogP contribution in [0.1, 0.15) is 11.5 Å². The zero-order valence-corrected chi connectivity index (χ0v) is 8.87. The van der Waals surface area contributed by atoms with Gasteiger partial charge in [0.1, 0.15) is 0 Å². The highest BCUT2D eigenvalue weighted by atomic mass is 35.5. The summed E-state index contributed by atoms with van der Waals surface area (Å²) in [5.74, 6) is 0.687. The molecule has 1 aliphatic rings. The van der Waals surface area contributed by atoms with Crippen molar-refractivity contribution >= 4 is 11.6 Å². The Hall–Kier alpha value is -0.790. The van der Waals surface area contributed by atoms with Crippen molar-refractivity contribution in [1.29, 1.82) is 0 Å². The van der Waals surface area contributed by atoms with Gasteiger partial charge in [0.25, 0.3) is 0 Å². The number of nitrogens with zero attached hydrogens (tertiary/aromatic N) is 1. The van der Waals surface area contributed by atoms with E-state index >= 15 is 0 Å². The topological polar surface area (TPSA) is 3.24 Å². The average Bonchev–Trinajstić information content (AvgIpc) is 2.13. The van der Waals surface area contributed by atoms with Crippen LogP contribution in [0.15, 0.2) is 36.9 Å². The van der Waals surface area contributed by atoms with Crippen LogP contribution in [0.25, 0.3) is 0 Å². The Labute approximate surface area is 90.0 Å². The Kier molecular flexibility index (Phi) is 2.90. The van der Waals surface area contributed by atoms with Crippen LogP contribution in [0.5, 0.6) is 0 Å². The maximum absolute atomic E-state index is 5.83. The van der Waals surface area contributed by atoms with Crippen molar-refractivity contribution in [1.82, 2.24) is 4.90 Å². The highest BCUT2D eigenvalue weighted by Gasteiger charge is 2.26. The van der Waals surface area contributed by atoms with Crippen molar-refractivity contribution in [3.8, 4) is 0 Å². The zero-order chi connectivity index (χ0) is 9.97. The van der Waals surface area contributed by atoms with Gasteiger partial charge in [-0.3, -0.25) is 4.90 Å².